The Morgan fingerprint density at radius 3 is 2.58 bits per heavy atom. The van der Waals surface area contributed by atoms with Crippen molar-refractivity contribution in [2.24, 2.45) is 5.92 Å². The molecule has 112 valence electrons. The number of morpholine rings is 1. The van der Waals surface area contributed by atoms with Crippen molar-refractivity contribution >= 4 is 0 Å². The average molecular weight is 270 g/mol. The molecule has 2 fully saturated rings. The molecule has 0 bridgehead atoms. The molecule has 1 aliphatic carbocycles. The van der Waals surface area contributed by atoms with Gasteiger partial charge in [0.15, 0.2) is 0 Å². The van der Waals surface area contributed by atoms with Crippen molar-refractivity contribution in [1.82, 2.24) is 10.2 Å². The zero-order valence-corrected chi connectivity index (χ0v) is 12.9. The highest BCUT2D eigenvalue weighted by molar-refractivity contribution is 5.05. The first-order valence-electron chi connectivity index (χ1n) is 7.61. The number of nitrogens with zero attached hydrogens (tertiary/aromatic N) is 1. The second kappa shape index (κ2) is 5.68. The summed E-state index contributed by atoms with van der Waals surface area (Å²) < 4.78 is 5.60. The van der Waals surface area contributed by atoms with Crippen molar-refractivity contribution in [3.63, 3.8) is 0 Å². The molecule has 0 aromatic carbocycles. The van der Waals surface area contributed by atoms with Gasteiger partial charge in [-0.3, -0.25) is 4.90 Å². The molecule has 0 amide bonds. The van der Waals surface area contributed by atoms with Crippen LogP contribution in [0.3, 0.4) is 0 Å². The number of hydrogen-bond donors (Lipinski definition) is 2. The smallest absolute Gasteiger partial charge is 0.0645 e. The molecule has 2 rings (SSSR count). The van der Waals surface area contributed by atoms with Crippen molar-refractivity contribution in [3.05, 3.63) is 0 Å². The fourth-order valence-electron chi connectivity index (χ4n) is 3.25. The summed E-state index contributed by atoms with van der Waals surface area (Å²) in [5.41, 5.74) is -0.0744. The van der Waals surface area contributed by atoms with Crippen LogP contribution in [0.25, 0.3) is 0 Å². The summed E-state index contributed by atoms with van der Waals surface area (Å²) >= 11 is 0. The molecule has 4 heteroatoms. The summed E-state index contributed by atoms with van der Waals surface area (Å²) in [6, 6.07) is 0.400. The quantitative estimate of drug-likeness (QED) is 0.762. The van der Waals surface area contributed by atoms with E-state index in [9.17, 15) is 5.11 Å². The van der Waals surface area contributed by atoms with Gasteiger partial charge in [0.1, 0.15) is 0 Å². The largest absolute Gasteiger partial charge is 0.394 e. The van der Waals surface area contributed by atoms with E-state index in [4.69, 9.17) is 4.74 Å². The maximum atomic E-state index is 10.0. The van der Waals surface area contributed by atoms with Crippen LogP contribution in [0.15, 0.2) is 0 Å². The van der Waals surface area contributed by atoms with Crippen LogP contribution >= 0.6 is 0 Å². The van der Waals surface area contributed by atoms with Gasteiger partial charge in [-0.25, -0.2) is 0 Å². The number of rotatable bonds is 6. The fraction of sp³-hybridized carbons (Fsp3) is 1.00. The zero-order chi connectivity index (χ0) is 14.1. The molecule has 1 saturated heterocycles. The minimum absolute atomic E-state index is 0.0617. The van der Waals surface area contributed by atoms with E-state index in [1.165, 1.54) is 12.8 Å². The number of hydrogen-bond acceptors (Lipinski definition) is 4. The standard InChI is InChI=1S/C15H30N2O2/c1-12(2)16-15(10-18,13-5-6-13)9-17-7-8-19-11-14(17,3)4/h12-13,16,18H,5-11H2,1-4H3. The van der Waals surface area contributed by atoms with Gasteiger partial charge in [-0.1, -0.05) is 13.8 Å². The molecule has 0 aromatic rings. The summed E-state index contributed by atoms with van der Waals surface area (Å²) in [5.74, 6) is 0.624. The lowest BCUT2D eigenvalue weighted by Gasteiger charge is -2.48. The fourth-order valence-corrected chi connectivity index (χ4v) is 3.25. The van der Waals surface area contributed by atoms with Gasteiger partial charge in [-0.05, 0) is 32.6 Å². The normalized spacial score (nSPS) is 27.5. The Kier molecular flexibility index (Phi) is 4.56. The van der Waals surface area contributed by atoms with Gasteiger partial charge < -0.3 is 15.2 Å². The van der Waals surface area contributed by atoms with E-state index in [-0.39, 0.29) is 17.7 Å². The van der Waals surface area contributed by atoms with Gasteiger partial charge in [-0.2, -0.15) is 0 Å². The summed E-state index contributed by atoms with van der Waals surface area (Å²) in [6.07, 6.45) is 2.48. The van der Waals surface area contributed by atoms with Crippen molar-refractivity contribution in [3.8, 4) is 0 Å². The average Bonchev–Trinajstić information content (AvgIpc) is 3.14. The van der Waals surface area contributed by atoms with Gasteiger partial charge in [0.2, 0.25) is 0 Å². The Morgan fingerprint density at radius 1 is 1.42 bits per heavy atom. The van der Waals surface area contributed by atoms with Gasteiger partial charge >= 0.3 is 0 Å². The molecule has 2 aliphatic rings. The second-order valence-electron chi connectivity index (χ2n) is 7.17. The van der Waals surface area contributed by atoms with Crippen LogP contribution < -0.4 is 5.32 Å². The predicted octanol–water partition coefficient (Wildman–Crippen LogP) is 1.24. The van der Waals surface area contributed by atoms with Gasteiger partial charge in [-0.15, -0.1) is 0 Å². The van der Waals surface area contributed by atoms with Crippen LogP contribution in [0.4, 0.5) is 0 Å². The summed E-state index contributed by atoms with van der Waals surface area (Å²) in [6.45, 7) is 12.5. The molecule has 1 atom stereocenters. The summed E-state index contributed by atoms with van der Waals surface area (Å²) in [5, 5.41) is 13.7. The highest BCUT2D eigenvalue weighted by atomic mass is 16.5. The Morgan fingerprint density at radius 2 is 2.11 bits per heavy atom. The molecule has 19 heavy (non-hydrogen) atoms. The first kappa shape index (κ1) is 15.2. The molecule has 1 unspecified atom stereocenters. The lowest BCUT2D eigenvalue weighted by atomic mass is 9.89. The zero-order valence-electron chi connectivity index (χ0n) is 12.9. The van der Waals surface area contributed by atoms with Crippen LogP contribution in [0, 0.1) is 5.92 Å². The number of nitrogens with one attached hydrogen (secondary N) is 1. The third-order valence-electron chi connectivity index (χ3n) is 4.51. The van der Waals surface area contributed by atoms with Crippen molar-refractivity contribution in [1.29, 1.82) is 0 Å². The first-order chi connectivity index (χ1) is 8.89. The third kappa shape index (κ3) is 3.48. The second-order valence-corrected chi connectivity index (χ2v) is 7.17. The molecule has 0 spiro atoms. The first-order valence-corrected chi connectivity index (χ1v) is 7.61. The minimum atomic E-state index is -0.136. The minimum Gasteiger partial charge on any atom is -0.394 e. The van der Waals surface area contributed by atoms with E-state index in [1.54, 1.807) is 0 Å². The third-order valence-corrected chi connectivity index (χ3v) is 4.51. The molecule has 0 aromatic heterocycles. The summed E-state index contributed by atoms with van der Waals surface area (Å²) in [7, 11) is 0. The number of ether oxygens (including phenoxy) is 1. The Hall–Kier alpha value is -0.160. The van der Waals surface area contributed by atoms with E-state index < -0.39 is 0 Å². The topological polar surface area (TPSA) is 44.7 Å². The molecule has 1 heterocycles. The maximum absolute atomic E-state index is 10.0. The van der Waals surface area contributed by atoms with E-state index in [0.717, 1.165) is 26.3 Å². The maximum Gasteiger partial charge on any atom is 0.0645 e. The highest BCUT2D eigenvalue weighted by Crippen LogP contribution is 2.41. The van der Waals surface area contributed by atoms with Gasteiger partial charge in [0.05, 0.1) is 25.4 Å². The highest BCUT2D eigenvalue weighted by Gasteiger charge is 2.48. The lowest BCUT2D eigenvalue weighted by Crippen LogP contribution is -2.65. The number of aliphatic hydroxyl groups excluding tert-OH is 1. The van der Waals surface area contributed by atoms with Crippen LogP contribution in [0.2, 0.25) is 0 Å². The van der Waals surface area contributed by atoms with Crippen molar-refractivity contribution < 1.29 is 9.84 Å². The molecule has 4 nitrogen and oxygen atoms in total. The van der Waals surface area contributed by atoms with Gasteiger partial charge in [0.25, 0.3) is 0 Å². The van der Waals surface area contributed by atoms with Crippen LogP contribution in [-0.4, -0.2) is 60.0 Å². The molecule has 2 N–H and O–H groups in total. The van der Waals surface area contributed by atoms with E-state index in [1.807, 2.05) is 0 Å². The Bertz CT molecular complexity index is 303. The predicted molar refractivity (Wildman–Crippen MR) is 77.3 cm³/mol. The van der Waals surface area contributed by atoms with E-state index in [2.05, 4.69) is 37.9 Å². The van der Waals surface area contributed by atoms with Gasteiger partial charge in [0, 0.05) is 24.7 Å². The van der Waals surface area contributed by atoms with E-state index >= 15 is 0 Å². The Balaban J connectivity index is 2.10. The van der Waals surface area contributed by atoms with E-state index in [0.29, 0.717) is 12.0 Å². The van der Waals surface area contributed by atoms with Crippen LogP contribution in [-0.2, 0) is 4.74 Å². The van der Waals surface area contributed by atoms with Crippen LogP contribution in [0.5, 0.6) is 0 Å². The molecule has 0 radical (unpaired) electrons. The SMILES string of the molecule is CC(C)NC(CO)(CN1CCOCC1(C)C)C1CC1. The van der Waals surface area contributed by atoms with Crippen molar-refractivity contribution in [2.75, 3.05) is 32.9 Å². The molecule has 1 aliphatic heterocycles. The number of aliphatic hydroxyl groups is 1. The van der Waals surface area contributed by atoms with Crippen LogP contribution in [0.1, 0.15) is 40.5 Å². The molecule has 1 saturated carbocycles. The molecular formula is C15H30N2O2. The summed E-state index contributed by atoms with van der Waals surface area (Å²) in [4.78, 5) is 2.49. The molecular weight excluding hydrogens is 240 g/mol. The lowest BCUT2D eigenvalue weighted by molar-refractivity contribution is -0.0700. The Labute approximate surface area is 117 Å². The van der Waals surface area contributed by atoms with Crippen molar-refractivity contribution in [2.45, 2.75) is 57.7 Å². The monoisotopic (exact) mass is 270 g/mol.